The molecule has 0 saturated carbocycles. The molecule has 0 bridgehead atoms. The fourth-order valence-electron chi connectivity index (χ4n) is 2.95. The number of hydrogen-bond donors (Lipinski definition) is 6. The van der Waals surface area contributed by atoms with Crippen molar-refractivity contribution in [3.63, 3.8) is 0 Å². The Kier molecular flexibility index (Phi) is 6.16. The molecule has 2 atom stereocenters. The summed E-state index contributed by atoms with van der Waals surface area (Å²) in [6, 6.07) is 8.88. The zero-order valence-corrected chi connectivity index (χ0v) is 16.3. The molecule has 3 rings (SSSR count). The Labute approximate surface area is 165 Å². The van der Waals surface area contributed by atoms with E-state index >= 15 is 0 Å². The number of nitrogens with one attached hydrogen (secondary N) is 2. The van der Waals surface area contributed by atoms with E-state index in [1.807, 2.05) is 18.2 Å². The molecule has 3 aromatic rings. The topological polar surface area (TPSA) is 191 Å². The van der Waals surface area contributed by atoms with Crippen LogP contribution in [0.25, 0.3) is 22.2 Å². The minimum Gasteiger partial charge on any atom is -0.382 e. The molecule has 2 aromatic carbocycles. The lowest BCUT2D eigenvalue weighted by molar-refractivity contribution is 0.674. The highest BCUT2D eigenvalue weighted by Crippen LogP contribution is 2.34. The van der Waals surface area contributed by atoms with Crippen molar-refractivity contribution >= 4 is 38.7 Å². The van der Waals surface area contributed by atoms with Gasteiger partial charge in [0.05, 0.1) is 38.0 Å². The summed E-state index contributed by atoms with van der Waals surface area (Å²) in [5.74, 6) is 5.42. The summed E-state index contributed by atoms with van der Waals surface area (Å²) in [6.07, 6.45) is 1.57. The minimum absolute atomic E-state index is 0.0505. The molecule has 0 fully saturated rings. The summed E-state index contributed by atoms with van der Waals surface area (Å²) in [7, 11) is -3.51. The van der Waals surface area contributed by atoms with Crippen molar-refractivity contribution in [1.82, 2.24) is 15.5 Å². The fourth-order valence-corrected chi connectivity index (χ4v) is 5.12. The molecule has 148 valence electrons. The molecule has 0 amide bonds. The molecular weight excluding hydrogens is 400 g/mol. The van der Waals surface area contributed by atoms with E-state index in [2.05, 4.69) is 20.6 Å². The first-order valence-corrected chi connectivity index (χ1v) is 10.7. The van der Waals surface area contributed by atoms with Crippen molar-refractivity contribution in [2.75, 3.05) is 12.3 Å². The van der Waals surface area contributed by atoms with Crippen LogP contribution in [-0.4, -0.2) is 36.5 Å². The Morgan fingerprint density at radius 3 is 2.68 bits per heavy atom. The van der Waals surface area contributed by atoms with Crippen LogP contribution in [0.1, 0.15) is 5.56 Å². The molecule has 0 spiro atoms. The van der Waals surface area contributed by atoms with Crippen LogP contribution in [-0.2, 0) is 21.8 Å². The Morgan fingerprint density at radius 1 is 1.21 bits per heavy atom. The van der Waals surface area contributed by atoms with Crippen molar-refractivity contribution in [2.24, 2.45) is 27.6 Å². The largest absolute Gasteiger partial charge is 0.382 e. The van der Waals surface area contributed by atoms with Gasteiger partial charge >= 0.3 is 0 Å². The predicted octanol–water partition coefficient (Wildman–Crippen LogP) is -0.639. The molecule has 0 aliphatic heterocycles. The van der Waals surface area contributed by atoms with Gasteiger partial charge in [0.1, 0.15) is 11.0 Å². The second-order valence-electron chi connectivity index (χ2n) is 5.68. The van der Waals surface area contributed by atoms with Crippen LogP contribution >= 0.6 is 0 Å². The molecular formula is C16H20N8O2S2. The van der Waals surface area contributed by atoms with Crippen LogP contribution in [0.5, 0.6) is 0 Å². The van der Waals surface area contributed by atoms with Gasteiger partial charge in [-0.3, -0.25) is 4.21 Å². The number of H-pyrrole nitrogens is 1. The summed E-state index contributed by atoms with van der Waals surface area (Å²) in [4.78, 5) is 7.78. The van der Waals surface area contributed by atoms with Gasteiger partial charge in [0.15, 0.2) is 5.84 Å². The van der Waals surface area contributed by atoms with Gasteiger partial charge in [-0.25, -0.2) is 25.7 Å². The Balaban J connectivity index is 2.39. The maximum Gasteiger partial charge on any atom is 0.154 e. The SMILES string of the molecule is NCCS(=O)c1ccc(-c2cccc3[nH]cnc23)c(/C(N)=N/NN)c1S(N)=O. The zero-order valence-electron chi connectivity index (χ0n) is 14.7. The number of nitrogens with two attached hydrogens (primary N) is 4. The van der Waals surface area contributed by atoms with Crippen molar-refractivity contribution in [3.8, 4) is 11.1 Å². The van der Waals surface area contributed by atoms with Gasteiger partial charge in [0.25, 0.3) is 0 Å². The number of para-hydroxylation sites is 1. The first-order valence-electron chi connectivity index (χ1n) is 8.12. The number of amidine groups is 1. The predicted molar refractivity (Wildman–Crippen MR) is 111 cm³/mol. The minimum atomic E-state index is -2.00. The van der Waals surface area contributed by atoms with Crippen molar-refractivity contribution in [3.05, 3.63) is 42.2 Å². The number of aromatic nitrogens is 2. The smallest absolute Gasteiger partial charge is 0.154 e. The van der Waals surface area contributed by atoms with Crippen LogP contribution in [0.15, 0.2) is 51.6 Å². The molecule has 12 heteroatoms. The third-order valence-corrected chi connectivity index (χ3v) is 6.45. The zero-order chi connectivity index (χ0) is 20.3. The normalized spacial score (nSPS) is 14.2. The van der Waals surface area contributed by atoms with Gasteiger partial charge in [-0.05, 0) is 17.7 Å². The number of hydrazine groups is 1. The maximum atomic E-state index is 12.6. The number of benzene rings is 2. The second-order valence-corrected chi connectivity index (χ2v) is 8.22. The fraction of sp³-hybridized carbons (Fsp3) is 0.125. The first-order chi connectivity index (χ1) is 13.5. The van der Waals surface area contributed by atoms with Gasteiger partial charge in [0, 0.05) is 23.4 Å². The Morgan fingerprint density at radius 2 is 2.00 bits per heavy atom. The van der Waals surface area contributed by atoms with Gasteiger partial charge in [-0.2, -0.15) is 0 Å². The summed E-state index contributed by atoms with van der Waals surface area (Å²) < 4.78 is 25.1. The van der Waals surface area contributed by atoms with E-state index in [1.165, 1.54) is 0 Å². The highest BCUT2D eigenvalue weighted by molar-refractivity contribution is 7.87. The first kappa shape index (κ1) is 20.1. The number of hydrazone groups is 1. The van der Waals surface area contributed by atoms with E-state index in [9.17, 15) is 8.42 Å². The lowest BCUT2D eigenvalue weighted by atomic mass is 9.97. The van der Waals surface area contributed by atoms with E-state index in [4.69, 9.17) is 22.4 Å². The molecule has 0 aliphatic rings. The van der Waals surface area contributed by atoms with E-state index in [-0.39, 0.29) is 33.5 Å². The van der Waals surface area contributed by atoms with E-state index in [0.29, 0.717) is 16.6 Å². The maximum absolute atomic E-state index is 12.6. The second kappa shape index (κ2) is 8.58. The van der Waals surface area contributed by atoms with Crippen LogP contribution in [0.4, 0.5) is 0 Å². The molecule has 28 heavy (non-hydrogen) atoms. The Hall–Kier alpha value is -2.64. The third-order valence-electron chi connectivity index (χ3n) is 4.05. The lowest BCUT2D eigenvalue weighted by Crippen LogP contribution is -2.26. The molecule has 1 aromatic heterocycles. The summed E-state index contributed by atoms with van der Waals surface area (Å²) in [5.41, 5.74) is 16.8. The van der Waals surface area contributed by atoms with Gasteiger partial charge in [-0.1, -0.05) is 18.2 Å². The van der Waals surface area contributed by atoms with E-state index in [1.54, 1.807) is 18.5 Å². The molecule has 0 aliphatic carbocycles. The average Bonchev–Trinajstić information content (AvgIpc) is 3.16. The van der Waals surface area contributed by atoms with Crippen LogP contribution < -0.4 is 28.0 Å². The van der Waals surface area contributed by atoms with Crippen LogP contribution in [0.3, 0.4) is 0 Å². The molecule has 10 nitrogen and oxygen atoms in total. The van der Waals surface area contributed by atoms with E-state index < -0.39 is 21.8 Å². The van der Waals surface area contributed by atoms with Gasteiger partial charge in [0.2, 0.25) is 0 Å². The van der Waals surface area contributed by atoms with Gasteiger partial charge in [-0.15, -0.1) is 5.10 Å². The number of fused-ring (bicyclic) bond motifs is 1. The quantitative estimate of drug-likeness (QED) is 0.127. The van der Waals surface area contributed by atoms with E-state index in [0.717, 1.165) is 5.52 Å². The third kappa shape index (κ3) is 3.68. The molecule has 0 saturated heterocycles. The van der Waals surface area contributed by atoms with Crippen molar-refractivity contribution in [2.45, 2.75) is 9.79 Å². The van der Waals surface area contributed by atoms with Crippen molar-refractivity contribution in [1.29, 1.82) is 0 Å². The number of aromatic amines is 1. The average molecular weight is 421 g/mol. The standard InChI is InChI=1S/C16H20N8O2S2/c17-6-7-27(25)12-5-4-9(10-2-1-3-11-14(10)22-8-21-11)13(15(12)28(20)26)16(18)23-24-19/h1-5,8,24H,6-7,17,19-20H2,(H2,18,23)(H,21,22). The molecule has 0 radical (unpaired) electrons. The van der Waals surface area contributed by atoms with Crippen LogP contribution in [0.2, 0.25) is 0 Å². The number of nitrogens with zero attached hydrogens (tertiary/aromatic N) is 2. The van der Waals surface area contributed by atoms with Crippen molar-refractivity contribution < 1.29 is 8.42 Å². The summed E-state index contributed by atoms with van der Waals surface area (Å²) in [6.45, 7) is 0.195. The molecule has 2 unspecified atom stereocenters. The number of rotatable bonds is 7. The Bertz CT molecular complexity index is 1100. The van der Waals surface area contributed by atoms with Crippen LogP contribution in [0, 0.1) is 0 Å². The summed E-state index contributed by atoms with van der Waals surface area (Å²) in [5, 5.41) is 9.56. The van der Waals surface area contributed by atoms with Gasteiger partial charge < -0.3 is 16.5 Å². The number of imidazole rings is 1. The molecule has 10 N–H and O–H groups in total. The number of hydrogen-bond acceptors (Lipinski definition) is 7. The lowest BCUT2D eigenvalue weighted by Gasteiger charge is -2.17. The monoisotopic (exact) mass is 420 g/mol. The highest BCUT2D eigenvalue weighted by atomic mass is 32.2. The highest BCUT2D eigenvalue weighted by Gasteiger charge is 2.24. The summed E-state index contributed by atoms with van der Waals surface area (Å²) >= 11 is 0. The molecule has 1 heterocycles.